The van der Waals surface area contributed by atoms with E-state index in [-0.39, 0.29) is 24.4 Å². The number of phenols is 1. The molecule has 0 heterocycles. The molecule has 3 N–H and O–H groups in total. The smallest absolute Gasteiger partial charge is 0.344 e. The van der Waals surface area contributed by atoms with Crippen molar-refractivity contribution in [2.24, 2.45) is 0 Å². The maximum Gasteiger partial charge on any atom is 0.344 e. The second-order valence-corrected chi connectivity index (χ2v) is 6.72. The standard InChI is InChI=1S/C22H29NO5/c1-4-27-21(25)14-28-20-10-5-17(13-15(20)2)11-12-23-16(3)22(26)18-6-8-19(24)9-7-18/h5-10,13,16,22-24,26H,4,11-12,14H2,1-3H3/t16-,22+/m0/s1. The van der Waals surface area contributed by atoms with Crippen molar-refractivity contribution < 1.29 is 24.5 Å². The Labute approximate surface area is 166 Å². The van der Waals surface area contributed by atoms with E-state index in [9.17, 15) is 15.0 Å². The molecule has 0 saturated carbocycles. The summed E-state index contributed by atoms with van der Waals surface area (Å²) in [7, 11) is 0. The number of benzene rings is 2. The Morgan fingerprint density at radius 2 is 1.89 bits per heavy atom. The molecule has 0 radical (unpaired) electrons. The van der Waals surface area contributed by atoms with E-state index in [1.165, 1.54) is 0 Å². The summed E-state index contributed by atoms with van der Waals surface area (Å²) in [4.78, 5) is 11.4. The highest BCUT2D eigenvalue weighted by Gasteiger charge is 2.15. The van der Waals surface area contributed by atoms with E-state index in [1.807, 2.05) is 32.0 Å². The molecule has 0 aromatic heterocycles. The van der Waals surface area contributed by atoms with Crippen LogP contribution in [0.3, 0.4) is 0 Å². The van der Waals surface area contributed by atoms with Gasteiger partial charge < -0.3 is 25.0 Å². The molecule has 0 aliphatic rings. The highest BCUT2D eigenvalue weighted by molar-refractivity contribution is 5.71. The quantitative estimate of drug-likeness (QED) is 0.544. The summed E-state index contributed by atoms with van der Waals surface area (Å²) < 4.78 is 10.4. The van der Waals surface area contributed by atoms with E-state index < -0.39 is 6.10 Å². The first-order chi connectivity index (χ1) is 13.4. The average molecular weight is 387 g/mol. The highest BCUT2D eigenvalue weighted by atomic mass is 16.6. The van der Waals surface area contributed by atoms with Crippen molar-refractivity contribution in [1.82, 2.24) is 5.32 Å². The van der Waals surface area contributed by atoms with Crippen LogP contribution >= 0.6 is 0 Å². The van der Waals surface area contributed by atoms with Crippen LogP contribution in [0.2, 0.25) is 0 Å². The summed E-state index contributed by atoms with van der Waals surface area (Å²) >= 11 is 0. The number of phenolic OH excluding ortho intramolecular Hbond substituents is 1. The van der Waals surface area contributed by atoms with Gasteiger partial charge in [0.1, 0.15) is 11.5 Å². The van der Waals surface area contributed by atoms with Crippen LogP contribution in [0.25, 0.3) is 0 Å². The Hall–Kier alpha value is -2.57. The van der Waals surface area contributed by atoms with E-state index in [0.29, 0.717) is 18.9 Å². The Morgan fingerprint density at radius 3 is 2.54 bits per heavy atom. The van der Waals surface area contributed by atoms with Crippen LogP contribution in [-0.2, 0) is 16.0 Å². The molecular weight excluding hydrogens is 358 g/mol. The molecule has 0 fully saturated rings. The first-order valence-corrected chi connectivity index (χ1v) is 9.49. The van der Waals surface area contributed by atoms with Crippen molar-refractivity contribution in [3.63, 3.8) is 0 Å². The minimum Gasteiger partial charge on any atom is -0.508 e. The zero-order valence-corrected chi connectivity index (χ0v) is 16.6. The fraction of sp³-hybridized carbons (Fsp3) is 0.409. The zero-order chi connectivity index (χ0) is 20.5. The van der Waals surface area contributed by atoms with Crippen LogP contribution in [0.1, 0.15) is 36.6 Å². The van der Waals surface area contributed by atoms with Crippen LogP contribution in [0.4, 0.5) is 0 Å². The summed E-state index contributed by atoms with van der Waals surface area (Å²) in [6.45, 7) is 6.58. The van der Waals surface area contributed by atoms with Gasteiger partial charge in [-0.15, -0.1) is 0 Å². The molecule has 0 bridgehead atoms. The second kappa shape index (κ2) is 10.7. The highest BCUT2D eigenvalue weighted by Crippen LogP contribution is 2.21. The minimum absolute atomic E-state index is 0.0950. The van der Waals surface area contributed by atoms with Gasteiger partial charge in [-0.25, -0.2) is 4.79 Å². The van der Waals surface area contributed by atoms with Gasteiger partial charge in [-0.1, -0.05) is 24.3 Å². The van der Waals surface area contributed by atoms with Crippen LogP contribution in [0.5, 0.6) is 11.5 Å². The number of aliphatic hydroxyl groups is 1. The van der Waals surface area contributed by atoms with Gasteiger partial charge in [-0.2, -0.15) is 0 Å². The number of hydrogen-bond acceptors (Lipinski definition) is 6. The van der Waals surface area contributed by atoms with E-state index in [0.717, 1.165) is 23.1 Å². The second-order valence-electron chi connectivity index (χ2n) is 6.72. The number of carbonyl (C=O) groups is 1. The van der Waals surface area contributed by atoms with Crippen LogP contribution in [-0.4, -0.2) is 42.0 Å². The van der Waals surface area contributed by atoms with Crippen LogP contribution in [0.15, 0.2) is 42.5 Å². The number of aromatic hydroxyl groups is 1. The summed E-state index contributed by atoms with van der Waals surface area (Å²) in [5.41, 5.74) is 2.86. The molecule has 0 amide bonds. The third kappa shape index (κ3) is 6.55. The lowest BCUT2D eigenvalue weighted by atomic mass is 10.0. The summed E-state index contributed by atoms with van der Waals surface area (Å²) in [5, 5.41) is 23.1. The van der Waals surface area contributed by atoms with Crippen molar-refractivity contribution in [2.75, 3.05) is 19.8 Å². The van der Waals surface area contributed by atoms with E-state index in [4.69, 9.17) is 9.47 Å². The van der Waals surface area contributed by atoms with Gasteiger partial charge in [0.15, 0.2) is 6.61 Å². The Kier molecular flexibility index (Phi) is 8.29. The maximum atomic E-state index is 11.4. The van der Waals surface area contributed by atoms with Crippen LogP contribution < -0.4 is 10.1 Å². The van der Waals surface area contributed by atoms with Gasteiger partial charge in [-0.05, 0) is 68.6 Å². The molecule has 28 heavy (non-hydrogen) atoms. The number of hydrogen-bond donors (Lipinski definition) is 3. The largest absolute Gasteiger partial charge is 0.508 e. The van der Waals surface area contributed by atoms with Gasteiger partial charge in [-0.3, -0.25) is 0 Å². The van der Waals surface area contributed by atoms with Crippen molar-refractivity contribution >= 4 is 5.97 Å². The fourth-order valence-corrected chi connectivity index (χ4v) is 2.88. The number of nitrogens with one attached hydrogen (secondary N) is 1. The maximum absolute atomic E-state index is 11.4. The van der Waals surface area contributed by atoms with Crippen molar-refractivity contribution in [3.8, 4) is 11.5 Å². The predicted molar refractivity (Wildman–Crippen MR) is 108 cm³/mol. The average Bonchev–Trinajstić information content (AvgIpc) is 2.67. The van der Waals surface area contributed by atoms with Gasteiger partial charge >= 0.3 is 5.97 Å². The number of aryl methyl sites for hydroxylation is 1. The SMILES string of the molecule is CCOC(=O)COc1ccc(CCN[C@@H](C)[C@@H](O)c2ccc(O)cc2)cc1C. The molecule has 0 aliphatic heterocycles. The van der Waals surface area contributed by atoms with E-state index in [2.05, 4.69) is 5.32 Å². The lowest BCUT2D eigenvalue weighted by Gasteiger charge is -2.21. The number of carbonyl (C=O) groups excluding carboxylic acids is 1. The molecule has 2 aromatic rings. The fourth-order valence-electron chi connectivity index (χ4n) is 2.88. The Balaban J connectivity index is 1.81. The van der Waals surface area contributed by atoms with Gasteiger partial charge in [0.2, 0.25) is 0 Å². The van der Waals surface area contributed by atoms with Gasteiger partial charge in [0.25, 0.3) is 0 Å². The molecular formula is C22H29NO5. The van der Waals surface area contributed by atoms with Crippen molar-refractivity contribution in [1.29, 1.82) is 0 Å². The molecule has 2 rings (SSSR count). The molecule has 152 valence electrons. The number of esters is 1. The van der Waals surface area contributed by atoms with Crippen molar-refractivity contribution in [2.45, 2.75) is 39.3 Å². The van der Waals surface area contributed by atoms with E-state index >= 15 is 0 Å². The first kappa shape index (κ1) is 21.7. The van der Waals surface area contributed by atoms with E-state index in [1.54, 1.807) is 31.2 Å². The lowest BCUT2D eigenvalue weighted by molar-refractivity contribution is -0.145. The van der Waals surface area contributed by atoms with Gasteiger partial charge in [0, 0.05) is 6.04 Å². The number of ether oxygens (including phenoxy) is 2. The summed E-state index contributed by atoms with van der Waals surface area (Å²) in [6.07, 6.45) is 0.145. The normalized spacial score (nSPS) is 13.0. The molecule has 6 heteroatoms. The monoisotopic (exact) mass is 387 g/mol. The first-order valence-electron chi connectivity index (χ1n) is 9.49. The zero-order valence-electron chi connectivity index (χ0n) is 16.6. The Morgan fingerprint density at radius 1 is 1.18 bits per heavy atom. The molecule has 0 spiro atoms. The number of aliphatic hydroxyl groups excluding tert-OH is 1. The summed E-state index contributed by atoms with van der Waals surface area (Å²) in [5.74, 6) is 0.471. The third-order valence-corrected chi connectivity index (χ3v) is 4.48. The Bertz CT molecular complexity index is 760. The predicted octanol–water partition coefficient (Wildman–Crippen LogP) is 2.90. The molecule has 0 unspecified atom stereocenters. The third-order valence-electron chi connectivity index (χ3n) is 4.48. The van der Waals surface area contributed by atoms with Crippen LogP contribution in [0, 0.1) is 6.92 Å². The minimum atomic E-state index is -0.652. The lowest BCUT2D eigenvalue weighted by Crippen LogP contribution is -2.33. The summed E-state index contributed by atoms with van der Waals surface area (Å²) in [6, 6.07) is 12.3. The molecule has 2 aromatic carbocycles. The molecule has 6 nitrogen and oxygen atoms in total. The topological polar surface area (TPSA) is 88.0 Å². The van der Waals surface area contributed by atoms with Gasteiger partial charge in [0.05, 0.1) is 12.7 Å². The molecule has 0 saturated heterocycles. The number of rotatable bonds is 10. The van der Waals surface area contributed by atoms with Crippen molar-refractivity contribution in [3.05, 3.63) is 59.2 Å². The molecule has 2 atom stereocenters. The molecule has 0 aliphatic carbocycles.